The molecule has 0 saturated heterocycles. The maximum absolute atomic E-state index is 12.6. The van der Waals surface area contributed by atoms with E-state index in [2.05, 4.69) is 22.5 Å². The van der Waals surface area contributed by atoms with Crippen LogP contribution in [0, 0.1) is 6.92 Å². The van der Waals surface area contributed by atoms with Crippen molar-refractivity contribution in [3.8, 4) is 17.2 Å². The van der Waals surface area contributed by atoms with Gasteiger partial charge < -0.3 is 30.2 Å². The minimum absolute atomic E-state index is 0.224. The summed E-state index contributed by atoms with van der Waals surface area (Å²) in [6, 6.07) is 9.36. The summed E-state index contributed by atoms with van der Waals surface area (Å²) in [7, 11) is 4.71. The van der Waals surface area contributed by atoms with Gasteiger partial charge in [-0.25, -0.2) is 0 Å². The molecule has 0 spiro atoms. The van der Waals surface area contributed by atoms with Crippen molar-refractivity contribution in [1.29, 1.82) is 0 Å². The van der Waals surface area contributed by atoms with E-state index >= 15 is 0 Å². The van der Waals surface area contributed by atoms with Crippen LogP contribution in [-0.2, 0) is 11.3 Å². The molecule has 0 bridgehead atoms. The fraction of sp³-hybridized carbons (Fsp3) is 0.231. The largest absolute Gasteiger partial charge is 0.493 e. The summed E-state index contributed by atoms with van der Waals surface area (Å²) in [6.45, 7) is 7.90. The molecule has 0 heterocycles. The number of rotatable bonds is 10. The van der Waals surface area contributed by atoms with E-state index < -0.39 is 0 Å². The smallest absolute Gasteiger partial charge is 0.255 e. The molecule has 0 aliphatic heterocycles. The standard InChI is InChI=1S/C26H31N3O4S/c1-7-9-19(10-8-2)25(30)28-20-11-17(3)12-21(15-20)29-26(34)27-16-18-13-22(31-4)24(33-6)23(14-18)32-5/h7-15H,1,16H2,2-6H3,(H,28,30)(H2,27,29,34)/b10-8-,19-9+. The molecule has 0 saturated carbocycles. The molecular weight excluding hydrogens is 450 g/mol. The second-order valence-corrected chi connectivity index (χ2v) is 7.65. The lowest BCUT2D eigenvalue weighted by atomic mass is 10.1. The highest BCUT2D eigenvalue weighted by atomic mass is 32.1. The van der Waals surface area contributed by atoms with Crippen LogP contribution in [0.25, 0.3) is 0 Å². The average molecular weight is 482 g/mol. The van der Waals surface area contributed by atoms with Crippen molar-refractivity contribution in [2.24, 2.45) is 0 Å². The number of anilines is 2. The first-order valence-corrected chi connectivity index (χ1v) is 11.0. The number of nitrogens with one attached hydrogen (secondary N) is 3. The highest BCUT2D eigenvalue weighted by Crippen LogP contribution is 2.38. The summed E-state index contributed by atoms with van der Waals surface area (Å²) in [4.78, 5) is 12.6. The number of allylic oxidation sites excluding steroid dienone is 3. The second-order valence-electron chi connectivity index (χ2n) is 7.24. The lowest BCUT2D eigenvalue weighted by molar-refractivity contribution is -0.112. The Morgan fingerprint density at radius 1 is 1.00 bits per heavy atom. The van der Waals surface area contributed by atoms with Gasteiger partial charge in [0.2, 0.25) is 5.75 Å². The molecule has 0 atom stereocenters. The van der Waals surface area contributed by atoms with E-state index in [0.717, 1.165) is 16.8 Å². The van der Waals surface area contributed by atoms with Crippen LogP contribution in [-0.4, -0.2) is 32.3 Å². The van der Waals surface area contributed by atoms with E-state index in [1.165, 1.54) is 0 Å². The number of ether oxygens (including phenoxy) is 3. The first kappa shape index (κ1) is 26.5. The number of hydrogen-bond donors (Lipinski definition) is 3. The molecule has 34 heavy (non-hydrogen) atoms. The van der Waals surface area contributed by atoms with Crippen molar-refractivity contribution >= 4 is 34.6 Å². The quantitative estimate of drug-likeness (QED) is 0.246. The number of benzene rings is 2. The van der Waals surface area contributed by atoms with Gasteiger partial charge in [0.1, 0.15) is 0 Å². The normalized spacial score (nSPS) is 11.0. The zero-order chi connectivity index (χ0) is 25.1. The van der Waals surface area contributed by atoms with Crippen molar-refractivity contribution in [3.63, 3.8) is 0 Å². The molecule has 0 radical (unpaired) electrons. The predicted octanol–water partition coefficient (Wildman–Crippen LogP) is 5.13. The number of methoxy groups -OCH3 is 3. The molecular formula is C26H31N3O4S. The molecule has 0 aromatic heterocycles. The summed E-state index contributed by atoms with van der Waals surface area (Å²) in [5.74, 6) is 1.45. The molecule has 7 nitrogen and oxygen atoms in total. The number of thiocarbonyl (C=S) groups is 1. The zero-order valence-electron chi connectivity index (χ0n) is 20.2. The Balaban J connectivity index is 2.10. The monoisotopic (exact) mass is 481 g/mol. The molecule has 2 aromatic carbocycles. The van der Waals surface area contributed by atoms with E-state index in [1.54, 1.807) is 45.6 Å². The lowest BCUT2D eigenvalue weighted by Crippen LogP contribution is -2.28. The van der Waals surface area contributed by atoms with Crippen LogP contribution >= 0.6 is 12.2 Å². The fourth-order valence-corrected chi connectivity index (χ4v) is 3.43. The third-order valence-electron chi connectivity index (χ3n) is 4.68. The first-order chi connectivity index (χ1) is 16.3. The molecule has 2 aromatic rings. The van der Waals surface area contributed by atoms with Crippen LogP contribution in [0.4, 0.5) is 11.4 Å². The van der Waals surface area contributed by atoms with Crippen LogP contribution in [0.5, 0.6) is 17.2 Å². The molecule has 0 aliphatic carbocycles. The van der Waals surface area contributed by atoms with Crippen molar-refractivity contribution in [3.05, 3.63) is 77.9 Å². The maximum Gasteiger partial charge on any atom is 0.255 e. The predicted molar refractivity (Wildman–Crippen MR) is 142 cm³/mol. The van der Waals surface area contributed by atoms with Crippen LogP contribution in [0.3, 0.4) is 0 Å². The third-order valence-corrected chi connectivity index (χ3v) is 4.92. The van der Waals surface area contributed by atoms with Crippen LogP contribution in [0.2, 0.25) is 0 Å². The van der Waals surface area contributed by atoms with Gasteiger partial charge >= 0.3 is 0 Å². The molecule has 0 unspecified atom stereocenters. The summed E-state index contributed by atoms with van der Waals surface area (Å²) in [5.41, 5.74) is 3.78. The molecule has 0 fully saturated rings. The Kier molecular flexibility index (Phi) is 10.2. The van der Waals surface area contributed by atoms with Gasteiger partial charge in [0, 0.05) is 23.5 Å². The lowest BCUT2D eigenvalue weighted by Gasteiger charge is -2.16. The van der Waals surface area contributed by atoms with Gasteiger partial charge in [-0.3, -0.25) is 4.79 Å². The highest BCUT2D eigenvalue weighted by molar-refractivity contribution is 7.80. The van der Waals surface area contributed by atoms with E-state index in [-0.39, 0.29) is 5.91 Å². The highest BCUT2D eigenvalue weighted by Gasteiger charge is 2.13. The third kappa shape index (κ3) is 7.38. The van der Waals surface area contributed by atoms with Gasteiger partial charge in [0.15, 0.2) is 16.6 Å². The number of aryl methyl sites for hydroxylation is 1. The number of carbonyl (C=O) groups excluding carboxylic acids is 1. The number of amides is 1. The molecule has 2 rings (SSSR count). The summed E-state index contributed by atoms with van der Waals surface area (Å²) >= 11 is 5.47. The van der Waals surface area contributed by atoms with Crippen LogP contribution in [0.15, 0.2) is 66.8 Å². The Labute approximate surface area is 206 Å². The van der Waals surface area contributed by atoms with Gasteiger partial charge in [0.25, 0.3) is 5.91 Å². The molecule has 3 N–H and O–H groups in total. The van der Waals surface area contributed by atoms with Gasteiger partial charge in [-0.15, -0.1) is 0 Å². The second kappa shape index (κ2) is 13.1. The van der Waals surface area contributed by atoms with E-state index in [9.17, 15) is 4.79 Å². The maximum atomic E-state index is 12.6. The van der Waals surface area contributed by atoms with Gasteiger partial charge in [-0.2, -0.15) is 0 Å². The Morgan fingerprint density at radius 2 is 1.62 bits per heavy atom. The van der Waals surface area contributed by atoms with Crippen molar-refractivity contribution < 1.29 is 19.0 Å². The van der Waals surface area contributed by atoms with E-state index in [1.807, 2.05) is 44.2 Å². The molecule has 8 heteroatoms. The first-order valence-electron chi connectivity index (χ1n) is 10.6. The Hall–Kier alpha value is -3.78. The average Bonchev–Trinajstić information content (AvgIpc) is 2.81. The Morgan fingerprint density at radius 3 is 2.15 bits per heavy atom. The van der Waals surface area contributed by atoms with Crippen molar-refractivity contribution in [2.45, 2.75) is 20.4 Å². The summed E-state index contributed by atoms with van der Waals surface area (Å²) in [6.07, 6.45) is 6.77. The Bertz CT molecular complexity index is 1080. The topological polar surface area (TPSA) is 80.9 Å². The van der Waals surface area contributed by atoms with Crippen molar-refractivity contribution in [1.82, 2.24) is 5.32 Å². The van der Waals surface area contributed by atoms with Gasteiger partial charge in [0.05, 0.1) is 21.3 Å². The summed E-state index contributed by atoms with van der Waals surface area (Å²) in [5, 5.41) is 9.67. The zero-order valence-corrected chi connectivity index (χ0v) is 21.0. The fourth-order valence-electron chi connectivity index (χ4n) is 3.24. The van der Waals surface area contributed by atoms with E-state index in [0.29, 0.717) is 40.2 Å². The van der Waals surface area contributed by atoms with Crippen LogP contribution in [0.1, 0.15) is 18.1 Å². The molecule has 0 aliphatic rings. The van der Waals surface area contributed by atoms with Crippen LogP contribution < -0.4 is 30.2 Å². The summed E-state index contributed by atoms with van der Waals surface area (Å²) < 4.78 is 16.2. The van der Waals surface area contributed by atoms with E-state index in [4.69, 9.17) is 26.4 Å². The molecule has 180 valence electrons. The minimum atomic E-state index is -0.224. The number of hydrogen-bond acceptors (Lipinski definition) is 5. The SMILES string of the molecule is C=C/C=C(\C=C/C)C(=O)Nc1cc(C)cc(NC(=S)NCc2cc(OC)c(OC)c(OC)c2)c1. The van der Waals surface area contributed by atoms with Crippen molar-refractivity contribution in [2.75, 3.05) is 32.0 Å². The number of carbonyl (C=O) groups is 1. The minimum Gasteiger partial charge on any atom is -0.493 e. The molecule has 1 amide bonds. The van der Waals surface area contributed by atoms with Gasteiger partial charge in [-0.1, -0.05) is 30.9 Å². The van der Waals surface area contributed by atoms with Gasteiger partial charge in [-0.05, 0) is 67.5 Å².